The number of aliphatic carboxylic acids is 1. The van der Waals surface area contributed by atoms with Crippen molar-refractivity contribution in [1.29, 1.82) is 0 Å². The second-order valence-corrected chi connectivity index (χ2v) is 8.29. The van der Waals surface area contributed by atoms with E-state index in [1.54, 1.807) is 24.3 Å². The molecule has 1 aliphatic heterocycles. The Labute approximate surface area is 199 Å². The van der Waals surface area contributed by atoms with Gasteiger partial charge in [0.1, 0.15) is 5.75 Å². The Morgan fingerprint density at radius 3 is 2.09 bits per heavy atom. The van der Waals surface area contributed by atoms with Gasteiger partial charge in [0, 0.05) is 24.2 Å². The van der Waals surface area contributed by atoms with Crippen molar-refractivity contribution in [3.63, 3.8) is 0 Å². The van der Waals surface area contributed by atoms with E-state index in [0.717, 1.165) is 6.07 Å². The van der Waals surface area contributed by atoms with E-state index in [4.69, 9.17) is 9.84 Å². The summed E-state index contributed by atoms with van der Waals surface area (Å²) in [5.74, 6) is -1.70. The van der Waals surface area contributed by atoms with Crippen molar-refractivity contribution in [1.82, 2.24) is 10.6 Å². The van der Waals surface area contributed by atoms with E-state index in [2.05, 4.69) is 20.1 Å². The second-order valence-electron chi connectivity index (χ2n) is 8.29. The molecule has 2 aliphatic rings. The fraction of sp³-hybridized carbons (Fsp3) is 0.375. The Hall–Kier alpha value is -3.89. The molecule has 0 bridgehead atoms. The first kappa shape index (κ1) is 24.2. The third-order valence-electron chi connectivity index (χ3n) is 5.80. The van der Waals surface area contributed by atoms with Crippen molar-refractivity contribution >= 4 is 17.8 Å². The number of carbonyl (C=O) groups excluding carboxylic acids is 2. The standard InChI is InChI=1S/C24H24F2N2O7/c25-24(26)34-19-10-5-16(13-20(19)35-24)22(30)28-12-11-27-21(29)14-1-6-17(7-2-14)33-18-8-3-15(4-9-18)23(31)32/h1-2,5-7,10,13,15,18H,3-4,8-9,11-12H2,(H,27,29)(H,28,30)(H,31,32)/t15-,18+. The molecule has 2 amide bonds. The number of nitrogens with one attached hydrogen (secondary N) is 2. The summed E-state index contributed by atoms with van der Waals surface area (Å²) in [5.41, 5.74) is 0.526. The highest BCUT2D eigenvalue weighted by Gasteiger charge is 2.43. The van der Waals surface area contributed by atoms with Gasteiger partial charge in [-0.05, 0) is 68.1 Å². The number of carboxylic acids is 1. The summed E-state index contributed by atoms with van der Waals surface area (Å²) in [6, 6.07) is 10.3. The Bertz CT molecular complexity index is 1100. The molecule has 0 aromatic heterocycles. The monoisotopic (exact) mass is 490 g/mol. The molecule has 1 heterocycles. The summed E-state index contributed by atoms with van der Waals surface area (Å²) in [6.07, 6.45) is -1.29. The van der Waals surface area contributed by atoms with Crippen molar-refractivity contribution in [2.24, 2.45) is 5.92 Å². The van der Waals surface area contributed by atoms with Crippen LogP contribution in [0.1, 0.15) is 46.4 Å². The lowest BCUT2D eigenvalue weighted by molar-refractivity contribution is -0.286. The first-order valence-corrected chi connectivity index (χ1v) is 11.2. The molecule has 1 saturated carbocycles. The zero-order valence-corrected chi connectivity index (χ0v) is 18.6. The fourth-order valence-corrected chi connectivity index (χ4v) is 3.95. The maximum Gasteiger partial charge on any atom is 0.586 e. The first-order valence-electron chi connectivity index (χ1n) is 11.2. The zero-order chi connectivity index (χ0) is 25.0. The number of ether oxygens (including phenoxy) is 3. The third-order valence-corrected chi connectivity index (χ3v) is 5.80. The maximum atomic E-state index is 13.1. The van der Waals surface area contributed by atoms with Crippen molar-refractivity contribution in [3.8, 4) is 17.2 Å². The number of halogens is 2. The summed E-state index contributed by atoms with van der Waals surface area (Å²) in [5, 5.41) is 14.3. The van der Waals surface area contributed by atoms with Crippen LogP contribution in [0.3, 0.4) is 0 Å². The quantitative estimate of drug-likeness (QED) is 0.486. The highest BCUT2D eigenvalue weighted by molar-refractivity contribution is 5.95. The van der Waals surface area contributed by atoms with Gasteiger partial charge in [0.2, 0.25) is 0 Å². The van der Waals surface area contributed by atoms with Gasteiger partial charge in [-0.1, -0.05) is 0 Å². The number of hydrogen-bond donors (Lipinski definition) is 3. The summed E-state index contributed by atoms with van der Waals surface area (Å²) >= 11 is 0. The van der Waals surface area contributed by atoms with Crippen LogP contribution < -0.4 is 24.8 Å². The minimum Gasteiger partial charge on any atom is -0.490 e. The van der Waals surface area contributed by atoms with E-state index in [9.17, 15) is 23.2 Å². The molecule has 3 N–H and O–H groups in total. The predicted molar refractivity (Wildman–Crippen MR) is 118 cm³/mol. The topological polar surface area (TPSA) is 123 Å². The Morgan fingerprint density at radius 1 is 0.886 bits per heavy atom. The lowest BCUT2D eigenvalue weighted by Crippen LogP contribution is -2.34. The number of carbonyl (C=O) groups is 3. The molecule has 0 saturated heterocycles. The van der Waals surface area contributed by atoms with Crippen LogP contribution in [0, 0.1) is 5.92 Å². The van der Waals surface area contributed by atoms with Crippen LogP contribution in [0.4, 0.5) is 8.78 Å². The van der Waals surface area contributed by atoms with Crippen molar-refractivity contribution in [2.75, 3.05) is 13.1 Å². The number of alkyl halides is 2. The van der Waals surface area contributed by atoms with Crippen LogP contribution in [0.15, 0.2) is 42.5 Å². The van der Waals surface area contributed by atoms with E-state index in [1.807, 2.05) is 0 Å². The summed E-state index contributed by atoms with van der Waals surface area (Å²) in [4.78, 5) is 35.6. The van der Waals surface area contributed by atoms with Crippen LogP contribution in [-0.4, -0.2) is 48.4 Å². The molecule has 35 heavy (non-hydrogen) atoms. The second kappa shape index (κ2) is 10.2. The van der Waals surface area contributed by atoms with Gasteiger partial charge in [-0.15, -0.1) is 8.78 Å². The largest absolute Gasteiger partial charge is 0.586 e. The van der Waals surface area contributed by atoms with Crippen LogP contribution in [0.5, 0.6) is 17.2 Å². The molecule has 0 unspecified atom stereocenters. The van der Waals surface area contributed by atoms with Gasteiger partial charge < -0.3 is 30.0 Å². The number of fused-ring (bicyclic) bond motifs is 1. The normalized spacial score (nSPS) is 20.1. The average molecular weight is 490 g/mol. The first-order chi connectivity index (χ1) is 16.7. The molecule has 1 aliphatic carbocycles. The van der Waals surface area contributed by atoms with Gasteiger partial charge in [-0.25, -0.2) is 0 Å². The van der Waals surface area contributed by atoms with Crippen LogP contribution in [0.2, 0.25) is 0 Å². The van der Waals surface area contributed by atoms with Crippen LogP contribution in [0.25, 0.3) is 0 Å². The predicted octanol–water partition coefficient (Wildman–Crippen LogP) is 3.19. The van der Waals surface area contributed by atoms with E-state index < -0.39 is 18.2 Å². The van der Waals surface area contributed by atoms with Crippen LogP contribution >= 0.6 is 0 Å². The smallest absolute Gasteiger partial charge is 0.490 e. The molecule has 11 heteroatoms. The average Bonchev–Trinajstić information content (AvgIpc) is 3.15. The summed E-state index contributed by atoms with van der Waals surface area (Å²) in [6.45, 7) is 0.271. The van der Waals surface area contributed by atoms with Gasteiger partial charge in [0.15, 0.2) is 11.5 Å². The van der Waals surface area contributed by atoms with E-state index in [-0.39, 0.29) is 48.1 Å². The van der Waals surface area contributed by atoms with Gasteiger partial charge in [-0.2, -0.15) is 0 Å². The molecule has 0 spiro atoms. The van der Waals surface area contributed by atoms with Crippen molar-refractivity contribution in [3.05, 3.63) is 53.6 Å². The van der Waals surface area contributed by atoms with E-state index >= 15 is 0 Å². The van der Waals surface area contributed by atoms with Crippen molar-refractivity contribution < 1.29 is 42.5 Å². The number of amides is 2. The molecule has 2 aromatic rings. The lowest BCUT2D eigenvalue weighted by Gasteiger charge is -2.26. The molecule has 0 radical (unpaired) electrons. The maximum absolute atomic E-state index is 13.1. The summed E-state index contributed by atoms with van der Waals surface area (Å²) in [7, 11) is 0. The summed E-state index contributed by atoms with van der Waals surface area (Å²) < 4.78 is 40.7. The Kier molecular flexibility index (Phi) is 7.04. The van der Waals surface area contributed by atoms with Gasteiger partial charge in [-0.3, -0.25) is 14.4 Å². The van der Waals surface area contributed by atoms with Crippen molar-refractivity contribution in [2.45, 2.75) is 38.1 Å². The van der Waals surface area contributed by atoms with Gasteiger partial charge in [0.05, 0.1) is 12.0 Å². The lowest BCUT2D eigenvalue weighted by atomic mass is 9.87. The Morgan fingerprint density at radius 2 is 1.46 bits per heavy atom. The zero-order valence-electron chi connectivity index (χ0n) is 18.6. The molecular weight excluding hydrogens is 466 g/mol. The highest BCUT2D eigenvalue weighted by atomic mass is 19.3. The van der Waals surface area contributed by atoms with Gasteiger partial charge in [0.25, 0.3) is 11.8 Å². The van der Waals surface area contributed by atoms with E-state index in [1.165, 1.54) is 12.1 Å². The van der Waals surface area contributed by atoms with Gasteiger partial charge >= 0.3 is 12.3 Å². The molecule has 1 fully saturated rings. The van der Waals surface area contributed by atoms with E-state index in [0.29, 0.717) is 37.0 Å². The number of carboxylic acid groups (broad SMARTS) is 1. The number of rotatable bonds is 8. The molecule has 9 nitrogen and oxygen atoms in total. The highest BCUT2D eigenvalue weighted by Crippen LogP contribution is 2.41. The molecule has 186 valence electrons. The Balaban J connectivity index is 1.18. The SMILES string of the molecule is O=C(NCCNC(=O)c1ccc2c(c1)OC(F)(F)O2)c1ccc(O[C@H]2CC[C@@H](C(=O)O)CC2)cc1. The fourth-order valence-electron chi connectivity index (χ4n) is 3.95. The number of benzene rings is 2. The minimum atomic E-state index is -3.76. The molecule has 0 atom stereocenters. The third kappa shape index (κ3) is 6.17. The molecule has 4 rings (SSSR count). The minimum absolute atomic E-state index is 0.0462. The number of hydrogen-bond acceptors (Lipinski definition) is 6. The van der Waals surface area contributed by atoms with Crippen LogP contribution in [-0.2, 0) is 4.79 Å². The molecular formula is C24H24F2N2O7. The molecule has 2 aromatic carbocycles.